The van der Waals surface area contributed by atoms with Crippen LogP contribution in [-0.2, 0) is 25.7 Å². The first kappa shape index (κ1) is 42.9. The molecule has 56 heavy (non-hydrogen) atoms. The molecule has 2 N–H and O–H groups in total. The van der Waals surface area contributed by atoms with E-state index in [-0.39, 0.29) is 51.8 Å². The molecule has 0 bridgehead atoms. The van der Waals surface area contributed by atoms with Crippen LogP contribution >= 0.6 is 0 Å². The number of carboxylic acid groups (broad SMARTS) is 1. The number of Topliss-reactive ketones (excluding diaryl/α,β-unsaturated/α-hetero) is 1. The van der Waals surface area contributed by atoms with Crippen molar-refractivity contribution in [3.8, 4) is 0 Å². The average molecular weight is 777 g/mol. The highest BCUT2D eigenvalue weighted by molar-refractivity contribution is 6.00. The van der Waals surface area contributed by atoms with Crippen LogP contribution in [0, 0.1) is 56.2 Å². The van der Waals surface area contributed by atoms with Gasteiger partial charge in [-0.05, 0) is 131 Å². The number of aliphatic carboxylic acids is 1. The number of likely N-dealkylation sites (N-methyl/N-ethyl adjacent to an activating group) is 1. The molecular formula is C46H72N4O6. The number of allylic oxidation sites excluding steroid dienone is 1. The monoisotopic (exact) mass is 777 g/mol. The number of aromatic nitrogens is 2. The molecule has 1 heterocycles. The summed E-state index contributed by atoms with van der Waals surface area (Å²) in [5, 5.41) is 22.3. The van der Waals surface area contributed by atoms with Gasteiger partial charge in [0.25, 0.3) is 0 Å². The van der Waals surface area contributed by atoms with Crippen LogP contribution in [-0.4, -0.2) is 93.6 Å². The second kappa shape index (κ2) is 15.2. The summed E-state index contributed by atoms with van der Waals surface area (Å²) in [7, 11) is 4.13. The quantitative estimate of drug-likeness (QED) is 0.193. The lowest BCUT2D eigenvalue weighted by molar-refractivity contribution is -0.235. The summed E-state index contributed by atoms with van der Waals surface area (Å²) in [6, 6.07) is 1.83. The Morgan fingerprint density at radius 2 is 1.61 bits per heavy atom. The molecule has 10 nitrogen and oxygen atoms in total. The zero-order chi connectivity index (χ0) is 41.2. The number of rotatable bonds is 13. The summed E-state index contributed by atoms with van der Waals surface area (Å²) < 4.78 is 6.19. The van der Waals surface area contributed by atoms with Crippen LogP contribution in [0.4, 0.5) is 0 Å². The molecule has 0 aliphatic heterocycles. The first-order chi connectivity index (χ1) is 26.0. The molecule has 0 amide bonds. The first-order valence-electron chi connectivity index (χ1n) is 21.5. The summed E-state index contributed by atoms with van der Waals surface area (Å²) in [4.78, 5) is 52.7. The molecular weight excluding hydrogens is 705 g/mol. The van der Waals surface area contributed by atoms with Crippen LogP contribution in [0.5, 0.6) is 0 Å². The number of ether oxygens (including phenoxy) is 1. The van der Waals surface area contributed by atoms with Crippen LogP contribution in [0.25, 0.3) is 0 Å². The number of fused-ring (bicyclic) bond motifs is 7. The summed E-state index contributed by atoms with van der Waals surface area (Å²) in [5.41, 5.74) is 0.328. The molecule has 1 unspecified atom stereocenters. The van der Waals surface area contributed by atoms with Crippen LogP contribution < -0.4 is 0 Å². The van der Waals surface area contributed by atoms with E-state index < -0.39 is 28.9 Å². The lowest BCUT2D eigenvalue weighted by atomic mass is 9.33. The molecule has 1 aromatic heterocycles. The number of hydrogen-bond donors (Lipinski definition) is 2. The van der Waals surface area contributed by atoms with Gasteiger partial charge in [0.15, 0.2) is 5.78 Å². The maximum atomic E-state index is 14.3. The molecule has 0 saturated heterocycles. The zero-order valence-corrected chi connectivity index (χ0v) is 36.4. The molecule has 312 valence electrons. The average Bonchev–Trinajstić information content (AvgIpc) is 3.42. The summed E-state index contributed by atoms with van der Waals surface area (Å²) in [6.07, 6.45) is 10.6. The van der Waals surface area contributed by atoms with Crippen molar-refractivity contribution in [2.75, 3.05) is 33.7 Å². The molecule has 1 aromatic rings. The number of carboxylic acids is 1. The van der Waals surface area contributed by atoms with Crippen LogP contribution in [0.3, 0.4) is 0 Å². The van der Waals surface area contributed by atoms with Gasteiger partial charge in [0.05, 0.1) is 24.5 Å². The SMILES string of the molecule is CC(C)C1=C2[C@H]3CC[C@@H]4[C@@]5(C)CC[C@H](OC(=O)CC(C)(C)C(=O)O)C(C)(C)[C@@H]5CC[C@@]4(C)[C@]3(C)CCC2([C@@H](O)CN(CCN(C)C)Cc2ncccn2)CC1=O. The van der Waals surface area contributed by atoms with E-state index in [0.29, 0.717) is 31.3 Å². The van der Waals surface area contributed by atoms with Gasteiger partial charge in [-0.2, -0.15) is 0 Å². The second-order valence-electron chi connectivity index (χ2n) is 21.3. The van der Waals surface area contributed by atoms with E-state index in [1.807, 2.05) is 6.07 Å². The van der Waals surface area contributed by atoms with Gasteiger partial charge in [-0.1, -0.05) is 54.0 Å². The van der Waals surface area contributed by atoms with E-state index in [0.717, 1.165) is 75.9 Å². The van der Waals surface area contributed by atoms with Gasteiger partial charge < -0.3 is 19.8 Å². The summed E-state index contributed by atoms with van der Waals surface area (Å²) in [5.74, 6) is 0.708. The van der Waals surface area contributed by atoms with Crippen molar-refractivity contribution in [2.24, 2.45) is 56.2 Å². The fraction of sp³-hybridized carbons (Fsp3) is 0.804. The van der Waals surface area contributed by atoms with Crippen molar-refractivity contribution in [2.45, 2.75) is 145 Å². The number of hydrogen-bond acceptors (Lipinski definition) is 9. The third kappa shape index (κ3) is 7.09. The van der Waals surface area contributed by atoms with Crippen molar-refractivity contribution in [1.29, 1.82) is 0 Å². The number of esters is 1. The molecule has 10 heteroatoms. The topological polar surface area (TPSA) is 133 Å². The molecule has 0 aromatic carbocycles. The van der Waals surface area contributed by atoms with E-state index in [1.54, 1.807) is 26.2 Å². The Kier molecular flexibility index (Phi) is 11.6. The van der Waals surface area contributed by atoms with Gasteiger partial charge >= 0.3 is 11.9 Å². The second-order valence-corrected chi connectivity index (χ2v) is 21.3. The number of aliphatic hydroxyl groups is 1. The van der Waals surface area contributed by atoms with Crippen molar-refractivity contribution in [3.05, 3.63) is 35.4 Å². The lowest BCUT2D eigenvalue weighted by Crippen LogP contribution is -2.66. The molecule has 6 rings (SSSR count). The number of aliphatic hydroxyl groups excluding tert-OH is 1. The Hall–Kier alpha value is -2.69. The van der Waals surface area contributed by atoms with Gasteiger partial charge in [0.2, 0.25) is 0 Å². The minimum absolute atomic E-state index is 0.0342. The number of carbonyl (C=O) groups excluding carboxylic acids is 2. The highest BCUT2D eigenvalue weighted by atomic mass is 16.5. The van der Waals surface area contributed by atoms with Crippen molar-refractivity contribution in [1.82, 2.24) is 19.8 Å². The Morgan fingerprint density at radius 1 is 0.929 bits per heavy atom. The highest BCUT2D eigenvalue weighted by Crippen LogP contribution is 2.77. The van der Waals surface area contributed by atoms with Crippen LogP contribution in [0.1, 0.15) is 132 Å². The van der Waals surface area contributed by atoms with E-state index in [9.17, 15) is 24.6 Å². The van der Waals surface area contributed by atoms with Crippen molar-refractivity contribution in [3.63, 3.8) is 0 Å². The van der Waals surface area contributed by atoms with Gasteiger partial charge in [-0.25, -0.2) is 9.97 Å². The number of carbonyl (C=O) groups is 3. The van der Waals surface area contributed by atoms with E-state index in [1.165, 1.54) is 5.57 Å². The smallest absolute Gasteiger partial charge is 0.309 e. The van der Waals surface area contributed by atoms with E-state index in [2.05, 4.69) is 82.3 Å². The third-order valence-electron chi connectivity index (χ3n) is 16.8. The van der Waals surface area contributed by atoms with Crippen LogP contribution in [0.15, 0.2) is 29.6 Å². The Balaban J connectivity index is 1.29. The zero-order valence-electron chi connectivity index (χ0n) is 36.4. The van der Waals surface area contributed by atoms with Gasteiger partial charge in [0, 0.05) is 49.3 Å². The maximum absolute atomic E-state index is 14.3. The third-order valence-corrected chi connectivity index (χ3v) is 16.8. The standard InChI is InChI=1S/C46H72N4O6/c1-29(2)38-31(51)25-46(34(52)27-50(24-23-49(10)11)28-36-47-21-12-22-48-36)20-19-44(8)30(39(38)46)13-14-33-43(7)17-16-35(56-37(53)26-41(3,4)40(54)55)42(5,6)32(43)15-18-45(33,44)9/h12,21-22,29-30,32-35,52H,13-20,23-28H2,1-11H3,(H,54,55)/t30-,32+,33-,34+,35+,43+,44-,45-,46?/m1/s1. The lowest BCUT2D eigenvalue weighted by Gasteiger charge is -2.72. The van der Waals surface area contributed by atoms with Gasteiger partial charge in [-0.3, -0.25) is 19.3 Å². The van der Waals surface area contributed by atoms with Crippen molar-refractivity contribution >= 4 is 17.7 Å². The largest absolute Gasteiger partial charge is 0.481 e. The fourth-order valence-corrected chi connectivity index (χ4v) is 13.5. The molecule has 5 aliphatic carbocycles. The molecule has 4 fully saturated rings. The first-order valence-corrected chi connectivity index (χ1v) is 21.5. The van der Waals surface area contributed by atoms with Crippen molar-refractivity contribution < 1.29 is 29.3 Å². The van der Waals surface area contributed by atoms with Crippen LogP contribution in [0.2, 0.25) is 0 Å². The maximum Gasteiger partial charge on any atom is 0.309 e. The molecule has 9 atom stereocenters. The Bertz CT molecular complexity index is 1690. The molecule has 0 spiro atoms. The van der Waals surface area contributed by atoms with E-state index >= 15 is 0 Å². The summed E-state index contributed by atoms with van der Waals surface area (Å²) >= 11 is 0. The Morgan fingerprint density at radius 3 is 2.23 bits per heavy atom. The highest BCUT2D eigenvalue weighted by Gasteiger charge is 2.71. The minimum atomic E-state index is -1.17. The van der Waals surface area contributed by atoms with Gasteiger partial charge in [-0.15, -0.1) is 0 Å². The molecule has 5 aliphatic rings. The molecule has 4 saturated carbocycles. The minimum Gasteiger partial charge on any atom is -0.481 e. The van der Waals surface area contributed by atoms with E-state index in [4.69, 9.17) is 4.74 Å². The fourth-order valence-electron chi connectivity index (χ4n) is 13.5. The molecule has 0 radical (unpaired) electrons. The predicted octanol–water partition coefficient (Wildman–Crippen LogP) is 7.59. The number of nitrogens with zero attached hydrogens (tertiary/aromatic N) is 4. The normalized spacial score (nSPS) is 35.9. The predicted molar refractivity (Wildman–Crippen MR) is 217 cm³/mol. The van der Waals surface area contributed by atoms with Gasteiger partial charge in [0.1, 0.15) is 11.9 Å². The summed E-state index contributed by atoms with van der Waals surface area (Å²) in [6.45, 7) is 22.3. The number of ketones is 1. The Labute approximate surface area is 336 Å².